The van der Waals surface area contributed by atoms with Gasteiger partial charge in [-0.15, -0.1) is 0 Å². The van der Waals surface area contributed by atoms with Gasteiger partial charge in [-0.25, -0.2) is 4.98 Å². The Bertz CT molecular complexity index is 951. The Morgan fingerprint density at radius 2 is 2.04 bits per heavy atom. The number of carbonyl (C=O) groups excluding carboxylic acids is 1. The Labute approximate surface area is 162 Å². The lowest BCUT2D eigenvalue weighted by Crippen LogP contribution is -2.41. The molecule has 4 rings (SSSR count). The van der Waals surface area contributed by atoms with Crippen LogP contribution in [0.2, 0.25) is 0 Å². The molecule has 150 valence electrons. The van der Waals surface area contributed by atoms with Gasteiger partial charge in [0.25, 0.3) is 5.56 Å². The smallest absolute Gasteiger partial charge is 0.254 e. The highest BCUT2D eigenvalue weighted by molar-refractivity contribution is 5.87. The number of rotatable bonds is 3. The first-order valence-corrected chi connectivity index (χ1v) is 9.80. The molecule has 1 aliphatic carbocycles. The maximum atomic E-state index is 12.6. The van der Waals surface area contributed by atoms with Gasteiger partial charge in [0, 0.05) is 50.0 Å². The highest BCUT2D eigenvalue weighted by Crippen LogP contribution is 2.32. The minimum Gasteiger partial charge on any atom is -0.398 e. The molecule has 1 aliphatic heterocycles. The molecule has 2 aliphatic rings. The summed E-state index contributed by atoms with van der Waals surface area (Å²) in [5.74, 6) is 0.546. The topological polar surface area (TPSA) is 126 Å². The molecule has 3 heterocycles. The summed E-state index contributed by atoms with van der Waals surface area (Å²) < 4.78 is 1.65. The first kappa shape index (κ1) is 18.7. The van der Waals surface area contributed by atoms with E-state index in [9.17, 15) is 14.7 Å². The second-order valence-electron chi connectivity index (χ2n) is 7.78. The number of piperidine rings is 1. The monoisotopic (exact) mass is 386 g/mol. The van der Waals surface area contributed by atoms with Crippen molar-refractivity contribution in [3.05, 3.63) is 22.6 Å². The summed E-state index contributed by atoms with van der Waals surface area (Å²) >= 11 is 0. The number of nitrogens with one attached hydrogen (secondary N) is 1. The van der Waals surface area contributed by atoms with E-state index in [0.29, 0.717) is 48.6 Å². The SMILES string of the molecule is CC(=O)N1CCC(Nc2ncc3c(N)cc(=O)n(C4CCC(O)C4)c3n2)CC1. The van der Waals surface area contributed by atoms with Crippen LogP contribution in [0, 0.1) is 0 Å². The van der Waals surface area contributed by atoms with Gasteiger partial charge in [0.15, 0.2) is 5.65 Å². The van der Waals surface area contributed by atoms with Gasteiger partial charge in [0.05, 0.1) is 11.5 Å². The summed E-state index contributed by atoms with van der Waals surface area (Å²) in [7, 11) is 0. The lowest BCUT2D eigenvalue weighted by molar-refractivity contribution is -0.129. The summed E-state index contributed by atoms with van der Waals surface area (Å²) in [5.41, 5.74) is 6.68. The second kappa shape index (κ2) is 7.38. The Morgan fingerprint density at radius 1 is 1.29 bits per heavy atom. The van der Waals surface area contributed by atoms with Gasteiger partial charge in [0.1, 0.15) is 0 Å². The maximum absolute atomic E-state index is 12.6. The average Bonchev–Trinajstić information content (AvgIpc) is 3.08. The van der Waals surface area contributed by atoms with Crippen LogP contribution < -0.4 is 16.6 Å². The number of aliphatic hydroxyl groups is 1. The Morgan fingerprint density at radius 3 is 2.68 bits per heavy atom. The van der Waals surface area contributed by atoms with Crippen molar-refractivity contribution in [3.63, 3.8) is 0 Å². The van der Waals surface area contributed by atoms with Crippen molar-refractivity contribution >= 4 is 28.6 Å². The zero-order chi connectivity index (χ0) is 19.8. The predicted molar refractivity (Wildman–Crippen MR) is 106 cm³/mol. The van der Waals surface area contributed by atoms with Crippen molar-refractivity contribution in [2.45, 2.75) is 57.2 Å². The standard InChI is InChI=1S/C19H26N6O3/c1-11(26)24-6-4-12(5-7-24)22-19-21-10-15-16(20)9-17(28)25(18(15)23-19)13-2-3-14(27)8-13/h9-10,12-14,27H,2-8,20H2,1H3,(H,21,22,23). The summed E-state index contributed by atoms with van der Waals surface area (Å²) in [5, 5.41) is 13.9. The molecule has 0 aromatic carbocycles. The first-order chi connectivity index (χ1) is 13.4. The van der Waals surface area contributed by atoms with Crippen LogP contribution in [0.5, 0.6) is 0 Å². The van der Waals surface area contributed by atoms with Gasteiger partial charge in [-0.1, -0.05) is 0 Å². The molecule has 9 nitrogen and oxygen atoms in total. The van der Waals surface area contributed by atoms with Gasteiger partial charge >= 0.3 is 0 Å². The number of likely N-dealkylation sites (tertiary alicyclic amines) is 1. The van der Waals surface area contributed by atoms with E-state index in [1.54, 1.807) is 17.7 Å². The number of carbonyl (C=O) groups is 1. The zero-order valence-corrected chi connectivity index (χ0v) is 16.0. The van der Waals surface area contributed by atoms with Crippen molar-refractivity contribution in [2.24, 2.45) is 0 Å². The number of nitrogens with two attached hydrogens (primary N) is 1. The third kappa shape index (κ3) is 3.54. The number of anilines is 2. The normalized spacial score (nSPS) is 23.3. The van der Waals surface area contributed by atoms with E-state index in [-0.39, 0.29) is 23.6 Å². The van der Waals surface area contributed by atoms with Crippen LogP contribution in [0.1, 0.15) is 45.1 Å². The second-order valence-corrected chi connectivity index (χ2v) is 7.78. The predicted octanol–water partition coefficient (Wildman–Crippen LogP) is 0.882. The molecule has 2 fully saturated rings. The van der Waals surface area contributed by atoms with Gasteiger partial charge < -0.3 is 21.1 Å². The van der Waals surface area contributed by atoms with Crippen LogP contribution >= 0.6 is 0 Å². The fourth-order valence-corrected chi connectivity index (χ4v) is 4.26. The van der Waals surface area contributed by atoms with E-state index >= 15 is 0 Å². The third-order valence-electron chi connectivity index (χ3n) is 5.84. The van der Waals surface area contributed by atoms with E-state index in [4.69, 9.17) is 5.73 Å². The lowest BCUT2D eigenvalue weighted by atomic mass is 10.1. The van der Waals surface area contributed by atoms with Gasteiger partial charge in [-0.3, -0.25) is 14.2 Å². The minimum absolute atomic E-state index is 0.0906. The van der Waals surface area contributed by atoms with Crippen LogP contribution in [0.3, 0.4) is 0 Å². The van der Waals surface area contributed by atoms with Crippen LogP contribution in [-0.2, 0) is 4.79 Å². The summed E-state index contributed by atoms with van der Waals surface area (Å²) in [6.45, 7) is 3.00. The van der Waals surface area contributed by atoms with E-state index < -0.39 is 6.10 Å². The van der Waals surface area contributed by atoms with Crippen molar-refractivity contribution in [1.29, 1.82) is 0 Å². The number of hydrogen-bond donors (Lipinski definition) is 3. The molecule has 0 radical (unpaired) electrons. The maximum Gasteiger partial charge on any atom is 0.254 e. The summed E-state index contributed by atoms with van der Waals surface area (Å²) in [6.07, 6.45) is 4.83. The minimum atomic E-state index is -0.393. The summed E-state index contributed by atoms with van der Waals surface area (Å²) in [6, 6.07) is 1.48. The molecule has 2 atom stereocenters. The van der Waals surface area contributed by atoms with Crippen molar-refractivity contribution < 1.29 is 9.90 Å². The molecule has 4 N–H and O–H groups in total. The number of fused-ring (bicyclic) bond motifs is 1. The Balaban J connectivity index is 1.63. The number of hydrogen-bond acceptors (Lipinski definition) is 7. The van der Waals surface area contributed by atoms with Crippen LogP contribution in [0.15, 0.2) is 17.1 Å². The molecule has 1 amide bonds. The molecule has 9 heteroatoms. The molecule has 0 bridgehead atoms. The molecular weight excluding hydrogens is 360 g/mol. The average molecular weight is 386 g/mol. The molecule has 1 saturated carbocycles. The number of pyridine rings is 1. The van der Waals surface area contributed by atoms with Crippen molar-refractivity contribution in [1.82, 2.24) is 19.4 Å². The van der Waals surface area contributed by atoms with E-state index in [2.05, 4.69) is 15.3 Å². The van der Waals surface area contributed by atoms with Crippen molar-refractivity contribution in [2.75, 3.05) is 24.1 Å². The van der Waals surface area contributed by atoms with Crippen molar-refractivity contribution in [3.8, 4) is 0 Å². The lowest BCUT2D eigenvalue weighted by Gasteiger charge is -2.31. The van der Waals surface area contributed by atoms with E-state index in [1.807, 2.05) is 4.90 Å². The highest BCUT2D eigenvalue weighted by Gasteiger charge is 2.27. The van der Waals surface area contributed by atoms with Gasteiger partial charge in [-0.2, -0.15) is 4.98 Å². The molecule has 1 saturated heterocycles. The van der Waals surface area contributed by atoms with E-state index in [1.165, 1.54) is 6.07 Å². The molecule has 2 unspecified atom stereocenters. The molecule has 2 aromatic rings. The number of aromatic nitrogens is 3. The Kier molecular flexibility index (Phi) is 4.92. The largest absolute Gasteiger partial charge is 0.398 e. The van der Waals surface area contributed by atoms with Crippen LogP contribution in [0.25, 0.3) is 11.0 Å². The van der Waals surface area contributed by atoms with Crippen LogP contribution in [-0.4, -0.2) is 55.7 Å². The number of amides is 1. The first-order valence-electron chi connectivity index (χ1n) is 9.80. The molecular formula is C19H26N6O3. The quantitative estimate of drug-likeness (QED) is 0.715. The third-order valence-corrected chi connectivity index (χ3v) is 5.84. The molecule has 28 heavy (non-hydrogen) atoms. The van der Waals surface area contributed by atoms with E-state index in [0.717, 1.165) is 19.3 Å². The number of aliphatic hydroxyl groups excluding tert-OH is 1. The fraction of sp³-hybridized carbons (Fsp3) is 0.579. The Hall–Kier alpha value is -2.68. The van der Waals surface area contributed by atoms with Gasteiger partial charge in [0.2, 0.25) is 11.9 Å². The van der Waals surface area contributed by atoms with Gasteiger partial charge in [-0.05, 0) is 32.1 Å². The van der Waals surface area contributed by atoms with Crippen LogP contribution in [0.4, 0.5) is 11.6 Å². The highest BCUT2D eigenvalue weighted by atomic mass is 16.3. The zero-order valence-electron chi connectivity index (χ0n) is 16.0. The fourth-order valence-electron chi connectivity index (χ4n) is 4.26. The number of nitrogen functional groups attached to an aromatic ring is 1. The molecule has 0 spiro atoms. The summed E-state index contributed by atoms with van der Waals surface area (Å²) in [4.78, 5) is 34.9. The number of nitrogens with zero attached hydrogens (tertiary/aromatic N) is 4. The molecule has 2 aromatic heterocycles.